The number of aliphatic carboxylic acids is 1. The van der Waals surface area contributed by atoms with E-state index in [-0.39, 0.29) is 0 Å². The summed E-state index contributed by atoms with van der Waals surface area (Å²) >= 11 is 11.9. The molecule has 4 heteroatoms. The Labute approximate surface area is 190 Å². The van der Waals surface area contributed by atoms with Crippen molar-refractivity contribution < 1.29 is 9.90 Å². The lowest BCUT2D eigenvalue weighted by molar-refractivity contribution is -0.136. The molecule has 0 aliphatic rings. The fourth-order valence-corrected chi connectivity index (χ4v) is 4.28. The van der Waals surface area contributed by atoms with Gasteiger partial charge in [-0.05, 0) is 48.6 Å². The molecule has 0 saturated carbocycles. The van der Waals surface area contributed by atoms with Gasteiger partial charge in [-0.15, -0.1) is 23.2 Å². The Morgan fingerprint density at radius 3 is 1.87 bits per heavy atom. The highest BCUT2D eigenvalue weighted by molar-refractivity contribution is 6.37. The molecular weight excluding hydrogens is 415 g/mol. The lowest BCUT2D eigenvalue weighted by Gasteiger charge is -2.27. The van der Waals surface area contributed by atoms with E-state index >= 15 is 0 Å². The zero-order valence-electron chi connectivity index (χ0n) is 17.6. The third-order valence-electron chi connectivity index (χ3n) is 5.55. The van der Waals surface area contributed by atoms with Crippen molar-refractivity contribution in [3.8, 4) is 0 Å². The van der Waals surface area contributed by atoms with Gasteiger partial charge in [0.25, 0.3) is 0 Å². The van der Waals surface area contributed by atoms with Crippen LogP contribution in [0.25, 0.3) is 0 Å². The van der Waals surface area contributed by atoms with Gasteiger partial charge in [0.1, 0.15) is 0 Å². The van der Waals surface area contributed by atoms with Crippen LogP contribution in [-0.4, -0.2) is 21.8 Å². The Balaban J connectivity index is 2.08. The van der Waals surface area contributed by atoms with E-state index in [1.165, 1.54) is 17.5 Å². The van der Waals surface area contributed by atoms with Crippen LogP contribution in [0.2, 0.25) is 0 Å². The number of carboxylic acid groups (broad SMARTS) is 1. The molecular formula is C26H32Cl2O2. The number of hydrogen-bond donors (Lipinski definition) is 1. The fourth-order valence-electron chi connectivity index (χ4n) is 3.98. The molecule has 4 atom stereocenters. The molecule has 162 valence electrons. The zero-order valence-corrected chi connectivity index (χ0v) is 19.1. The topological polar surface area (TPSA) is 37.3 Å². The first-order valence-corrected chi connectivity index (χ1v) is 11.6. The highest BCUT2D eigenvalue weighted by Crippen LogP contribution is 2.30. The monoisotopic (exact) mass is 446 g/mol. The summed E-state index contributed by atoms with van der Waals surface area (Å²) in [6.07, 6.45) is 10.1. The standard InChI is InChI=1S/C26H32Cl2O2/c1-2-11-22(18-20-12-5-3-6-13-20)23(19-21-14-7-4-8-15-21)16-9-10-17-24(27)25(28)26(29)30/h3-8,10,12-15,17,22-25H,2,9,11,16,18-19H2,1H3,(H,29,30)/b17-10+. The molecule has 0 bridgehead atoms. The van der Waals surface area contributed by atoms with Gasteiger partial charge >= 0.3 is 5.97 Å². The minimum atomic E-state index is -1.10. The van der Waals surface area contributed by atoms with Crippen molar-refractivity contribution in [3.05, 3.63) is 83.9 Å². The number of rotatable bonds is 13. The fraction of sp³-hybridized carbons (Fsp3) is 0.423. The van der Waals surface area contributed by atoms with Gasteiger partial charge in [-0.25, -0.2) is 0 Å². The van der Waals surface area contributed by atoms with E-state index in [4.69, 9.17) is 28.3 Å². The average molecular weight is 447 g/mol. The van der Waals surface area contributed by atoms with Crippen LogP contribution >= 0.6 is 23.2 Å². The summed E-state index contributed by atoms with van der Waals surface area (Å²) in [5.41, 5.74) is 2.75. The van der Waals surface area contributed by atoms with Gasteiger partial charge < -0.3 is 5.11 Å². The smallest absolute Gasteiger partial charge is 0.323 e. The average Bonchev–Trinajstić information content (AvgIpc) is 2.76. The van der Waals surface area contributed by atoms with Crippen molar-refractivity contribution in [3.63, 3.8) is 0 Å². The summed E-state index contributed by atoms with van der Waals surface area (Å²) in [5, 5.41) is 7.18. The van der Waals surface area contributed by atoms with Gasteiger partial charge in [-0.1, -0.05) is 92.6 Å². The van der Waals surface area contributed by atoms with Crippen LogP contribution in [-0.2, 0) is 17.6 Å². The predicted octanol–water partition coefficient (Wildman–Crippen LogP) is 7.14. The van der Waals surface area contributed by atoms with E-state index in [1.807, 2.05) is 6.08 Å². The van der Waals surface area contributed by atoms with E-state index in [0.717, 1.165) is 32.1 Å². The number of allylic oxidation sites excluding steroid dienone is 2. The van der Waals surface area contributed by atoms with Crippen LogP contribution in [0.3, 0.4) is 0 Å². The van der Waals surface area contributed by atoms with Crippen molar-refractivity contribution in [2.24, 2.45) is 11.8 Å². The van der Waals surface area contributed by atoms with E-state index in [9.17, 15) is 4.79 Å². The summed E-state index contributed by atoms with van der Waals surface area (Å²) in [6, 6.07) is 21.4. The van der Waals surface area contributed by atoms with E-state index in [0.29, 0.717) is 11.8 Å². The van der Waals surface area contributed by atoms with Crippen molar-refractivity contribution in [1.82, 2.24) is 0 Å². The quantitative estimate of drug-likeness (QED) is 0.262. The second-order valence-electron chi connectivity index (χ2n) is 7.88. The van der Waals surface area contributed by atoms with E-state index in [1.54, 1.807) is 6.08 Å². The lowest BCUT2D eigenvalue weighted by atomic mass is 9.78. The number of benzene rings is 2. The molecule has 0 heterocycles. The summed E-state index contributed by atoms with van der Waals surface area (Å²) in [5.74, 6) is 0.0454. The highest BCUT2D eigenvalue weighted by atomic mass is 35.5. The number of carbonyl (C=O) groups is 1. The Bertz CT molecular complexity index is 761. The van der Waals surface area contributed by atoms with Crippen molar-refractivity contribution in [2.45, 2.75) is 56.2 Å². The summed E-state index contributed by atoms with van der Waals surface area (Å²) < 4.78 is 0. The first kappa shape index (κ1) is 24.5. The van der Waals surface area contributed by atoms with E-state index in [2.05, 4.69) is 67.6 Å². The molecule has 2 nitrogen and oxygen atoms in total. The number of hydrogen-bond acceptors (Lipinski definition) is 1. The van der Waals surface area contributed by atoms with Crippen LogP contribution in [0.15, 0.2) is 72.8 Å². The first-order chi connectivity index (χ1) is 14.5. The van der Waals surface area contributed by atoms with Gasteiger partial charge in [0.15, 0.2) is 5.38 Å². The van der Waals surface area contributed by atoms with Crippen LogP contribution in [0.1, 0.15) is 43.7 Å². The second kappa shape index (κ2) is 13.5. The molecule has 2 aromatic rings. The lowest BCUT2D eigenvalue weighted by Crippen LogP contribution is -2.23. The van der Waals surface area contributed by atoms with Crippen molar-refractivity contribution in [1.29, 1.82) is 0 Å². The molecule has 30 heavy (non-hydrogen) atoms. The molecule has 0 amide bonds. The maximum atomic E-state index is 11.0. The van der Waals surface area contributed by atoms with Crippen molar-refractivity contribution in [2.75, 3.05) is 0 Å². The SMILES string of the molecule is CCCC(Cc1ccccc1)C(CC/C=C/C(Cl)C(Cl)C(=O)O)Cc1ccccc1. The molecule has 4 unspecified atom stereocenters. The Morgan fingerprint density at radius 1 is 0.900 bits per heavy atom. The molecule has 0 aromatic heterocycles. The Morgan fingerprint density at radius 2 is 1.40 bits per heavy atom. The Kier molecular flexibility index (Phi) is 11.0. The third kappa shape index (κ3) is 8.53. The van der Waals surface area contributed by atoms with Gasteiger partial charge in [-0.3, -0.25) is 4.79 Å². The maximum absolute atomic E-state index is 11.0. The molecule has 0 aliphatic heterocycles. The molecule has 0 spiro atoms. The first-order valence-electron chi connectivity index (χ1n) is 10.8. The van der Waals surface area contributed by atoms with Crippen LogP contribution < -0.4 is 0 Å². The zero-order chi connectivity index (χ0) is 21.8. The number of halogens is 2. The summed E-state index contributed by atoms with van der Waals surface area (Å²) in [7, 11) is 0. The molecule has 0 aliphatic carbocycles. The van der Waals surface area contributed by atoms with Crippen molar-refractivity contribution >= 4 is 29.2 Å². The summed E-state index contributed by atoms with van der Waals surface area (Å²) in [4.78, 5) is 11.0. The maximum Gasteiger partial charge on any atom is 0.323 e. The molecule has 1 N–H and O–H groups in total. The van der Waals surface area contributed by atoms with Gasteiger partial charge in [0, 0.05) is 0 Å². The molecule has 0 fully saturated rings. The Hall–Kier alpha value is -1.77. The normalized spacial score (nSPS) is 15.6. The molecule has 2 aromatic carbocycles. The van der Waals surface area contributed by atoms with Gasteiger partial charge in [-0.2, -0.15) is 0 Å². The number of carboxylic acids is 1. The van der Waals surface area contributed by atoms with Crippen LogP contribution in [0, 0.1) is 11.8 Å². The molecule has 0 radical (unpaired) electrons. The highest BCUT2D eigenvalue weighted by Gasteiger charge is 2.23. The largest absolute Gasteiger partial charge is 0.480 e. The summed E-state index contributed by atoms with van der Waals surface area (Å²) in [6.45, 7) is 2.25. The minimum absolute atomic E-state index is 0.539. The van der Waals surface area contributed by atoms with Gasteiger partial charge in [0.05, 0.1) is 5.38 Å². The predicted molar refractivity (Wildman–Crippen MR) is 127 cm³/mol. The second-order valence-corrected chi connectivity index (χ2v) is 8.85. The molecule has 2 rings (SSSR count). The third-order valence-corrected chi connectivity index (χ3v) is 6.53. The molecule has 0 saturated heterocycles. The van der Waals surface area contributed by atoms with Gasteiger partial charge in [0.2, 0.25) is 0 Å². The van der Waals surface area contributed by atoms with Crippen LogP contribution in [0.4, 0.5) is 0 Å². The van der Waals surface area contributed by atoms with Crippen LogP contribution in [0.5, 0.6) is 0 Å². The minimum Gasteiger partial charge on any atom is -0.480 e. The van der Waals surface area contributed by atoms with E-state index < -0.39 is 16.7 Å². The number of alkyl halides is 2.